The Morgan fingerprint density at radius 1 is 0.850 bits per heavy atom. The highest BCUT2D eigenvalue weighted by atomic mass is 16.7. The Morgan fingerprint density at radius 3 is 2.23 bits per heavy atom. The minimum atomic E-state index is -1.55. The van der Waals surface area contributed by atoms with Crippen LogP contribution in [0, 0.1) is 0 Å². The maximum absolute atomic E-state index is 12.7. The zero-order valence-corrected chi connectivity index (χ0v) is 24.8. The van der Waals surface area contributed by atoms with E-state index in [-0.39, 0.29) is 12.5 Å². The molecule has 1 fully saturated rings. The summed E-state index contributed by atoms with van der Waals surface area (Å²) in [5, 5.41) is 53.3. The first-order valence-electron chi connectivity index (χ1n) is 15.5. The molecule has 1 aliphatic heterocycles. The molecule has 0 aromatic heterocycles. The highest BCUT2D eigenvalue weighted by Gasteiger charge is 2.44. The molecule has 9 nitrogen and oxygen atoms in total. The number of hydrogen-bond donors (Lipinski definition) is 6. The predicted octanol–water partition coefficient (Wildman–Crippen LogP) is 3.65. The third kappa shape index (κ3) is 15.6. The molecule has 0 aliphatic carbocycles. The molecule has 1 heterocycles. The van der Waals surface area contributed by atoms with Gasteiger partial charge in [-0.15, -0.1) is 0 Å². The second kappa shape index (κ2) is 23.3. The maximum Gasteiger partial charge on any atom is 0.220 e. The van der Waals surface area contributed by atoms with E-state index in [2.05, 4.69) is 43.5 Å². The molecule has 1 saturated heterocycles. The lowest BCUT2D eigenvalue weighted by atomic mass is 9.99. The van der Waals surface area contributed by atoms with Gasteiger partial charge in [0.2, 0.25) is 5.91 Å². The second-order valence-corrected chi connectivity index (χ2v) is 10.9. The molecular weight excluding hydrogens is 514 g/mol. The van der Waals surface area contributed by atoms with E-state index in [0.29, 0.717) is 12.8 Å². The first-order valence-corrected chi connectivity index (χ1v) is 15.5. The average Bonchev–Trinajstić information content (AvgIpc) is 2.95. The summed E-state index contributed by atoms with van der Waals surface area (Å²) >= 11 is 0. The van der Waals surface area contributed by atoms with Crippen LogP contribution < -0.4 is 5.32 Å². The molecule has 6 N–H and O–H groups in total. The van der Waals surface area contributed by atoms with Crippen molar-refractivity contribution in [2.75, 3.05) is 13.2 Å². The SMILES string of the molecule is CCC/C=C\C/C=C\CCCCCCCC(=O)NC(COC1OC(CO)C(O)C(O)C1O)C(O)CCCCCC. The number of allylic oxidation sites excluding steroid dienone is 4. The van der Waals surface area contributed by atoms with Crippen molar-refractivity contribution in [3.05, 3.63) is 24.3 Å². The normalized spacial score (nSPS) is 25.0. The van der Waals surface area contributed by atoms with Gasteiger partial charge in [-0.25, -0.2) is 0 Å². The summed E-state index contributed by atoms with van der Waals surface area (Å²) in [6, 6.07) is -0.717. The van der Waals surface area contributed by atoms with E-state index < -0.39 is 49.5 Å². The highest BCUT2D eigenvalue weighted by molar-refractivity contribution is 5.76. The molecule has 9 heteroatoms. The fourth-order valence-corrected chi connectivity index (χ4v) is 4.66. The van der Waals surface area contributed by atoms with Crippen molar-refractivity contribution < 1.29 is 39.8 Å². The highest BCUT2D eigenvalue weighted by Crippen LogP contribution is 2.22. The van der Waals surface area contributed by atoms with Crippen LogP contribution in [-0.2, 0) is 14.3 Å². The first-order chi connectivity index (χ1) is 19.3. The minimum absolute atomic E-state index is 0.148. The Morgan fingerprint density at radius 2 is 1.52 bits per heavy atom. The van der Waals surface area contributed by atoms with E-state index in [4.69, 9.17) is 9.47 Å². The Hall–Kier alpha value is -1.33. The molecular formula is C31H57NO8. The van der Waals surface area contributed by atoms with Crippen molar-refractivity contribution in [3.8, 4) is 0 Å². The van der Waals surface area contributed by atoms with E-state index >= 15 is 0 Å². The van der Waals surface area contributed by atoms with Crippen molar-refractivity contribution in [2.45, 2.75) is 153 Å². The van der Waals surface area contributed by atoms with Crippen LogP contribution in [0.25, 0.3) is 0 Å². The molecule has 1 aliphatic rings. The summed E-state index contributed by atoms with van der Waals surface area (Å²) in [5.74, 6) is -0.172. The molecule has 0 spiro atoms. The van der Waals surface area contributed by atoms with Crippen molar-refractivity contribution in [3.63, 3.8) is 0 Å². The van der Waals surface area contributed by atoms with Crippen molar-refractivity contribution in [1.82, 2.24) is 5.32 Å². The van der Waals surface area contributed by atoms with E-state index in [1.165, 1.54) is 6.42 Å². The van der Waals surface area contributed by atoms with Crippen molar-refractivity contribution in [2.24, 2.45) is 0 Å². The third-order valence-electron chi connectivity index (χ3n) is 7.29. The smallest absolute Gasteiger partial charge is 0.220 e. The second-order valence-electron chi connectivity index (χ2n) is 10.9. The van der Waals surface area contributed by atoms with Gasteiger partial charge in [0.15, 0.2) is 6.29 Å². The number of unbranched alkanes of at least 4 members (excludes halogenated alkanes) is 9. The summed E-state index contributed by atoms with van der Waals surface area (Å²) in [6.07, 6.45) is 15.3. The first kappa shape index (κ1) is 36.7. The number of rotatable bonds is 23. The molecule has 0 aromatic carbocycles. The summed E-state index contributed by atoms with van der Waals surface area (Å²) in [5.41, 5.74) is 0. The lowest BCUT2D eigenvalue weighted by molar-refractivity contribution is -0.302. The van der Waals surface area contributed by atoms with Crippen LogP contribution in [-0.4, -0.2) is 87.5 Å². The minimum Gasteiger partial charge on any atom is -0.394 e. The monoisotopic (exact) mass is 571 g/mol. The van der Waals surface area contributed by atoms with Gasteiger partial charge in [0.1, 0.15) is 24.4 Å². The standard InChI is InChI=1S/C31H57NO8/c1-3-5-7-9-10-11-12-13-14-15-16-17-19-21-27(35)32-24(25(34)20-18-8-6-4-2)23-39-31-30(38)29(37)28(36)26(22-33)40-31/h7,9,11-12,24-26,28-31,33-34,36-38H,3-6,8,10,13-23H2,1-2H3,(H,32,35)/b9-7-,12-11-. The number of carbonyl (C=O) groups excluding carboxylic acids is 1. The lowest BCUT2D eigenvalue weighted by Crippen LogP contribution is -2.60. The molecule has 0 aromatic rings. The van der Waals surface area contributed by atoms with E-state index in [9.17, 15) is 30.3 Å². The van der Waals surface area contributed by atoms with Crippen molar-refractivity contribution >= 4 is 5.91 Å². The van der Waals surface area contributed by atoms with Gasteiger partial charge in [0, 0.05) is 6.42 Å². The van der Waals surface area contributed by atoms with Crippen LogP contribution >= 0.6 is 0 Å². The Balaban J connectivity index is 2.43. The number of ether oxygens (including phenoxy) is 2. The number of nitrogens with one attached hydrogen (secondary N) is 1. The molecule has 7 unspecified atom stereocenters. The predicted molar refractivity (Wildman–Crippen MR) is 157 cm³/mol. The Labute approximate surface area is 241 Å². The summed E-state index contributed by atoms with van der Waals surface area (Å²) in [6.45, 7) is 3.58. The Bertz CT molecular complexity index is 686. The van der Waals surface area contributed by atoms with E-state index in [1.54, 1.807) is 0 Å². The average molecular weight is 572 g/mol. The summed E-state index contributed by atoms with van der Waals surface area (Å²) in [4.78, 5) is 12.7. The van der Waals surface area contributed by atoms with Gasteiger partial charge in [-0.1, -0.05) is 89.5 Å². The zero-order chi connectivity index (χ0) is 29.6. The number of aliphatic hydroxyl groups is 5. The van der Waals surface area contributed by atoms with Crippen LogP contribution in [0.1, 0.15) is 110 Å². The summed E-state index contributed by atoms with van der Waals surface area (Å²) in [7, 11) is 0. The largest absolute Gasteiger partial charge is 0.394 e. The fraction of sp³-hybridized carbons (Fsp3) is 0.839. The molecule has 7 atom stereocenters. The quantitative estimate of drug-likeness (QED) is 0.0804. The summed E-state index contributed by atoms with van der Waals surface area (Å²) < 4.78 is 11.0. The third-order valence-corrected chi connectivity index (χ3v) is 7.29. The van der Waals surface area contributed by atoms with Gasteiger partial charge >= 0.3 is 0 Å². The maximum atomic E-state index is 12.7. The van der Waals surface area contributed by atoms with Crippen molar-refractivity contribution in [1.29, 1.82) is 0 Å². The van der Waals surface area contributed by atoms with Gasteiger partial charge in [0.05, 0.1) is 25.4 Å². The van der Waals surface area contributed by atoms with Gasteiger partial charge in [0.25, 0.3) is 0 Å². The van der Waals surface area contributed by atoms with Gasteiger partial charge in [-0.2, -0.15) is 0 Å². The molecule has 40 heavy (non-hydrogen) atoms. The van der Waals surface area contributed by atoms with E-state index in [1.807, 2.05) is 0 Å². The van der Waals surface area contributed by atoms with Gasteiger partial charge < -0.3 is 40.3 Å². The molecule has 0 radical (unpaired) electrons. The lowest BCUT2D eigenvalue weighted by Gasteiger charge is -2.40. The van der Waals surface area contributed by atoms with Crippen LogP contribution in [0.5, 0.6) is 0 Å². The molecule has 1 rings (SSSR count). The zero-order valence-electron chi connectivity index (χ0n) is 24.8. The fourth-order valence-electron chi connectivity index (χ4n) is 4.66. The van der Waals surface area contributed by atoms with Crippen LogP contribution in [0.2, 0.25) is 0 Å². The van der Waals surface area contributed by atoms with E-state index in [0.717, 1.165) is 77.0 Å². The molecule has 0 bridgehead atoms. The van der Waals surface area contributed by atoms with Crippen LogP contribution in [0.3, 0.4) is 0 Å². The number of hydrogen-bond acceptors (Lipinski definition) is 8. The van der Waals surface area contributed by atoms with Crippen LogP contribution in [0.4, 0.5) is 0 Å². The topological polar surface area (TPSA) is 149 Å². The molecule has 234 valence electrons. The molecule has 1 amide bonds. The Kier molecular flexibility index (Phi) is 21.3. The molecule has 0 saturated carbocycles. The number of amides is 1. The number of carbonyl (C=O) groups is 1. The number of aliphatic hydroxyl groups excluding tert-OH is 5. The van der Waals surface area contributed by atoms with Crippen LogP contribution in [0.15, 0.2) is 24.3 Å². The van der Waals surface area contributed by atoms with Gasteiger partial charge in [-0.05, 0) is 38.5 Å². The van der Waals surface area contributed by atoms with Gasteiger partial charge in [-0.3, -0.25) is 4.79 Å².